The van der Waals surface area contributed by atoms with Crippen molar-refractivity contribution in [2.45, 2.75) is 32.9 Å². The highest BCUT2D eigenvalue weighted by molar-refractivity contribution is 7.91. The predicted molar refractivity (Wildman–Crippen MR) is 137 cm³/mol. The average molecular weight is 530 g/mol. The molecule has 0 aliphatic heterocycles. The molecule has 0 atom stereocenters. The number of hydrogen-bond acceptors (Lipinski definition) is 9. The lowest BCUT2D eigenvalue weighted by Gasteiger charge is -2.15. The number of carbonyl (C=O) groups is 1. The van der Waals surface area contributed by atoms with Crippen molar-refractivity contribution in [1.82, 2.24) is 13.9 Å². The molecule has 0 saturated carbocycles. The van der Waals surface area contributed by atoms with Crippen molar-refractivity contribution in [2.24, 2.45) is 5.92 Å². The molecule has 0 bridgehead atoms. The summed E-state index contributed by atoms with van der Waals surface area (Å²) in [5.74, 6) is 0.340. The van der Waals surface area contributed by atoms with Gasteiger partial charge in [0.2, 0.25) is 15.0 Å². The molecule has 190 valence electrons. The van der Waals surface area contributed by atoms with E-state index in [0.717, 1.165) is 28.6 Å². The van der Waals surface area contributed by atoms with Crippen LogP contribution in [0, 0.1) is 31.1 Å². The smallest absolute Gasteiger partial charge is 0.268 e. The summed E-state index contributed by atoms with van der Waals surface area (Å²) in [5, 5.41) is 11.8. The first-order valence-corrected chi connectivity index (χ1v) is 13.3. The summed E-state index contributed by atoms with van der Waals surface area (Å²) in [6.45, 7) is 7.32. The summed E-state index contributed by atoms with van der Waals surface area (Å²) >= 11 is 0.743. The largest absolute Gasteiger partial charge is 0.497 e. The highest BCUT2D eigenvalue weighted by atomic mass is 32.2. The van der Waals surface area contributed by atoms with Gasteiger partial charge >= 0.3 is 0 Å². The van der Waals surface area contributed by atoms with Gasteiger partial charge in [0.15, 0.2) is 0 Å². The molecule has 1 N–H and O–H groups in total. The first kappa shape index (κ1) is 26.9. The van der Waals surface area contributed by atoms with Crippen molar-refractivity contribution in [3.8, 4) is 23.3 Å². The number of amides is 1. The van der Waals surface area contributed by atoms with E-state index in [1.807, 2.05) is 42.7 Å². The molecule has 0 spiro atoms. The second-order valence-electron chi connectivity index (χ2n) is 8.38. The molecule has 2 aromatic heterocycles. The van der Waals surface area contributed by atoms with Crippen molar-refractivity contribution >= 4 is 38.5 Å². The van der Waals surface area contributed by atoms with Gasteiger partial charge in [0, 0.05) is 29.0 Å². The normalized spacial score (nSPS) is 11.9. The summed E-state index contributed by atoms with van der Waals surface area (Å²) in [4.78, 5) is 16.7. The third-order valence-corrected chi connectivity index (χ3v) is 7.81. The lowest BCUT2D eigenvalue weighted by atomic mass is 10.1. The average Bonchev–Trinajstić information content (AvgIpc) is 3.40. The number of sulfone groups is 1. The Labute approximate surface area is 214 Å². The second-order valence-corrected chi connectivity index (χ2v) is 11.1. The van der Waals surface area contributed by atoms with E-state index in [1.54, 1.807) is 34.1 Å². The van der Waals surface area contributed by atoms with Crippen LogP contribution in [0.4, 0.5) is 5.13 Å². The van der Waals surface area contributed by atoms with Crippen molar-refractivity contribution in [1.29, 1.82) is 5.26 Å². The summed E-state index contributed by atoms with van der Waals surface area (Å²) in [7, 11) is -0.514. The molecule has 0 unspecified atom stereocenters. The van der Waals surface area contributed by atoms with Crippen LogP contribution in [0.5, 0.6) is 11.5 Å². The third-order valence-electron chi connectivity index (χ3n) is 5.22. The quantitative estimate of drug-likeness (QED) is 0.325. The number of nitrogens with zero attached hydrogens (tertiary/aromatic N) is 4. The summed E-state index contributed by atoms with van der Waals surface area (Å²) in [6.07, 6.45) is 1.47. The van der Waals surface area contributed by atoms with Gasteiger partial charge in [0.25, 0.3) is 11.1 Å². The van der Waals surface area contributed by atoms with Gasteiger partial charge in [0.05, 0.1) is 25.7 Å². The Hall–Kier alpha value is -3.69. The number of carbonyl (C=O) groups excluding carboxylic acids is 1. The standard InChI is InChI=1S/C24H27N5O5S2/c1-14(2)13-36(31,32)24-27-23(35-28-24)26-22(30)18(12-25)10-17-9-15(3)29(16(17)4)20-8-7-19(33-5)11-21(20)34-6/h7-11,14H,13H2,1-6H3,(H,26,27,28,30)/b18-10-. The number of rotatable bonds is 9. The van der Waals surface area contributed by atoms with Gasteiger partial charge in [-0.3, -0.25) is 10.1 Å². The topological polar surface area (TPSA) is 136 Å². The molecule has 0 radical (unpaired) electrons. The lowest BCUT2D eigenvalue weighted by Crippen LogP contribution is -2.15. The number of nitrogens with one attached hydrogen (secondary N) is 1. The van der Waals surface area contributed by atoms with Gasteiger partial charge in [-0.1, -0.05) is 13.8 Å². The van der Waals surface area contributed by atoms with Crippen molar-refractivity contribution in [3.63, 3.8) is 0 Å². The summed E-state index contributed by atoms with van der Waals surface area (Å²) < 4.78 is 41.3. The molecule has 12 heteroatoms. The molecule has 0 aliphatic rings. The van der Waals surface area contributed by atoms with Crippen LogP contribution in [0.1, 0.15) is 30.8 Å². The number of nitriles is 1. The van der Waals surface area contributed by atoms with Crippen LogP contribution in [0.3, 0.4) is 0 Å². The predicted octanol–water partition coefficient (Wildman–Crippen LogP) is 3.94. The Kier molecular flexibility index (Phi) is 8.17. The fraction of sp³-hybridized carbons (Fsp3) is 0.333. The highest BCUT2D eigenvalue weighted by Crippen LogP contribution is 2.32. The number of methoxy groups -OCH3 is 2. The maximum absolute atomic E-state index is 12.8. The zero-order valence-electron chi connectivity index (χ0n) is 20.8. The number of aromatic nitrogens is 3. The number of hydrogen-bond donors (Lipinski definition) is 1. The highest BCUT2D eigenvalue weighted by Gasteiger charge is 2.23. The molecule has 0 saturated heterocycles. The molecular weight excluding hydrogens is 502 g/mol. The van der Waals surface area contributed by atoms with E-state index < -0.39 is 15.7 Å². The van der Waals surface area contributed by atoms with Gasteiger partial charge in [-0.25, -0.2) is 8.42 Å². The Balaban J connectivity index is 1.90. The molecule has 1 amide bonds. The zero-order valence-corrected chi connectivity index (χ0v) is 22.5. The first-order valence-electron chi connectivity index (χ1n) is 10.9. The molecule has 10 nitrogen and oxygen atoms in total. The van der Waals surface area contributed by atoms with Crippen LogP contribution in [-0.4, -0.2) is 48.2 Å². The molecular formula is C24H27N5O5S2. The van der Waals surface area contributed by atoms with Crippen LogP contribution in [0.15, 0.2) is 35.0 Å². The fourth-order valence-corrected chi connectivity index (χ4v) is 6.00. The maximum atomic E-state index is 12.8. The second kappa shape index (κ2) is 10.9. The van der Waals surface area contributed by atoms with Gasteiger partial charge in [0.1, 0.15) is 23.1 Å². The van der Waals surface area contributed by atoms with Gasteiger partial charge < -0.3 is 14.0 Å². The number of anilines is 1. The number of aryl methyl sites for hydroxylation is 1. The Morgan fingerprint density at radius 1 is 1.25 bits per heavy atom. The minimum absolute atomic E-state index is 0.00285. The van der Waals surface area contributed by atoms with Gasteiger partial charge in [-0.2, -0.15) is 14.6 Å². The van der Waals surface area contributed by atoms with E-state index in [0.29, 0.717) is 17.1 Å². The zero-order chi connectivity index (χ0) is 26.6. The lowest BCUT2D eigenvalue weighted by molar-refractivity contribution is -0.112. The van der Waals surface area contributed by atoms with Crippen molar-refractivity contribution in [2.75, 3.05) is 25.3 Å². The molecule has 36 heavy (non-hydrogen) atoms. The SMILES string of the molecule is COc1ccc(-n2c(C)cc(/C=C(/C#N)C(=O)Nc3nc(S(=O)(=O)CC(C)C)ns3)c2C)c(OC)c1. The van der Waals surface area contributed by atoms with Gasteiger partial charge in [-0.05, 0) is 49.6 Å². The fourth-order valence-electron chi connectivity index (χ4n) is 3.64. The van der Waals surface area contributed by atoms with E-state index >= 15 is 0 Å². The molecule has 1 aromatic carbocycles. The Bertz CT molecular complexity index is 1460. The summed E-state index contributed by atoms with van der Waals surface area (Å²) in [6, 6.07) is 9.21. The summed E-state index contributed by atoms with van der Waals surface area (Å²) in [5.41, 5.74) is 2.92. The number of benzene rings is 1. The maximum Gasteiger partial charge on any atom is 0.268 e. The van der Waals surface area contributed by atoms with E-state index in [2.05, 4.69) is 14.7 Å². The molecule has 2 heterocycles. The van der Waals surface area contributed by atoms with E-state index in [1.165, 1.54) is 6.08 Å². The molecule has 0 aliphatic carbocycles. The third kappa shape index (κ3) is 5.75. The Morgan fingerprint density at radius 3 is 2.58 bits per heavy atom. The first-order chi connectivity index (χ1) is 17.0. The van der Waals surface area contributed by atoms with Crippen molar-refractivity contribution in [3.05, 3.63) is 46.8 Å². The van der Waals surface area contributed by atoms with Crippen LogP contribution < -0.4 is 14.8 Å². The van der Waals surface area contributed by atoms with Crippen LogP contribution in [0.2, 0.25) is 0 Å². The van der Waals surface area contributed by atoms with E-state index in [9.17, 15) is 18.5 Å². The molecule has 3 aromatic rings. The van der Waals surface area contributed by atoms with E-state index in [4.69, 9.17) is 9.47 Å². The van der Waals surface area contributed by atoms with Crippen LogP contribution in [0.25, 0.3) is 11.8 Å². The minimum atomic E-state index is -3.66. The Morgan fingerprint density at radius 2 is 1.97 bits per heavy atom. The monoisotopic (exact) mass is 529 g/mol. The van der Waals surface area contributed by atoms with Gasteiger partial charge in [-0.15, -0.1) is 0 Å². The molecule has 0 fully saturated rings. The van der Waals surface area contributed by atoms with Crippen molar-refractivity contribution < 1.29 is 22.7 Å². The van der Waals surface area contributed by atoms with Crippen LogP contribution in [-0.2, 0) is 14.6 Å². The number of ether oxygens (including phenoxy) is 2. The molecule has 3 rings (SSSR count). The van der Waals surface area contributed by atoms with Crippen LogP contribution >= 0.6 is 11.5 Å². The minimum Gasteiger partial charge on any atom is -0.497 e. The van der Waals surface area contributed by atoms with E-state index in [-0.39, 0.29) is 27.5 Å².